The van der Waals surface area contributed by atoms with E-state index < -0.39 is 0 Å². The highest BCUT2D eigenvalue weighted by Crippen LogP contribution is 2.39. The van der Waals surface area contributed by atoms with Crippen molar-refractivity contribution >= 4 is 44.9 Å². The number of carbonyl (C=O) groups is 1. The maximum Gasteiger partial charge on any atom is 0.234 e. The molecule has 1 aliphatic carbocycles. The molecule has 0 radical (unpaired) electrons. The van der Waals surface area contributed by atoms with Crippen molar-refractivity contribution in [2.45, 2.75) is 37.6 Å². The lowest BCUT2D eigenvalue weighted by molar-refractivity contribution is -0.113. The smallest absolute Gasteiger partial charge is 0.234 e. The standard InChI is InChI=1S/C19H19N3OS2/c1-12-6-8-13(9-7-12)22-16(23)10-24-18-17-14-4-2-3-5-15(14)25-19(17)21-11-20-18/h6-9,11H,2-5,10H2,1H3,(H,22,23). The number of nitrogens with one attached hydrogen (secondary N) is 1. The summed E-state index contributed by atoms with van der Waals surface area (Å²) in [4.78, 5) is 23.7. The van der Waals surface area contributed by atoms with Crippen LogP contribution in [0.15, 0.2) is 35.6 Å². The summed E-state index contributed by atoms with van der Waals surface area (Å²) in [7, 11) is 0. The van der Waals surface area contributed by atoms with Crippen LogP contribution in [0.2, 0.25) is 0 Å². The van der Waals surface area contributed by atoms with Crippen LogP contribution in [0.3, 0.4) is 0 Å². The molecule has 0 saturated carbocycles. The van der Waals surface area contributed by atoms with Crippen LogP contribution in [0.25, 0.3) is 10.2 Å². The maximum atomic E-state index is 12.3. The first-order valence-corrected chi connectivity index (χ1v) is 10.3. The number of carbonyl (C=O) groups excluding carboxylic acids is 1. The van der Waals surface area contributed by atoms with Gasteiger partial charge < -0.3 is 5.32 Å². The van der Waals surface area contributed by atoms with Gasteiger partial charge in [0, 0.05) is 16.0 Å². The van der Waals surface area contributed by atoms with Gasteiger partial charge in [-0.3, -0.25) is 4.79 Å². The number of benzene rings is 1. The van der Waals surface area contributed by atoms with Crippen LogP contribution < -0.4 is 5.32 Å². The summed E-state index contributed by atoms with van der Waals surface area (Å²) in [6.45, 7) is 2.03. The minimum absolute atomic E-state index is 0.00953. The molecule has 0 fully saturated rings. The Kier molecular flexibility index (Phi) is 4.72. The molecule has 4 rings (SSSR count). The highest BCUT2D eigenvalue weighted by molar-refractivity contribution is 8.00. The van der Waals surface area contributed by atoms with E-state index in [9.17, 15) is 4.79 Å². The highest BCUT2D eigenvalue weighted by Gasteiger charge is 2.20. The zero-order valence-corrected chi connectivity index (χ0v) is 15.7. The first kappa shape index (κ1) is 16.5. The molecule has 0 aliphatic heterocycles. The summed E-state index contributed by atoms with van der Waals surface area (Å²) in [6, 6.07) is 7.84. The number of amides is 1. The Labute approximate surface area is 155 Å². The molecular formula is C19H19N3OS2. The molecule has 0 unspecified atom stereocenters. The Morgan fingerprint density at radius 3 is 2.84 bits per heavy atom. The third kappa shape index (κ3) is 3.55. The molecule has 1 aliphatic rings. The van der Waals surface area contributed by atoms with Crippen molar-refractivity contribution in [3.05, 3.63) is 46.6 Å². The van der Waals surface area contributed by atoms with E-state index in [1.807, 2.05) is 31.2 Å². The molecule has 1 N–H and O–H groups in total. The lowest BCUT2D eigenvalue weighted by atomic mass is 9.97. The summed E-state index contributed by atoms with van der Waals surface area (Å²) in [5, 5.41) is 5.05. The van der Waals surface area contributed by atoms with Crippen molar-refractivity contribution in [1.29, 1.82) is 0 Å². The highest BCUT2D eigenvalue weighted by atomic mass is 32.2. The quantitative estimate of drug-likeness (QED) is 0.539. The number of aromatic nitrogens is 2. The molecular weight excluding hydrogens is 350 g/mol. The number of rotatable bonds is 4. The van der Waals surface area contributed by atoms with E-state index in [-0.39, 0.29) is 5.91 Å². The molecule has 1 aromatic carbocycles. The molecule has 2 aromatic heterocycles. The Morgan fingerprint density at radius 2 is 2.00 bits per heavy atom. The Balaban J connectivity index is 1.50. The molecule has 1 amide bonds. The molecule has 128 valence electrons. The zero-order chi connectivity index (χ0) is 17.2. The van der Waals surface area contributed by atoms with Crippen molar-refractivity contribution in [3.63, 3.8) is 0 Å². The van der Waals surface area contributed by atoms with E-state index in [1.54, 1.807) is 17.7 Å². The van der Waals surface area contributed by atoms with Gasteiger partial charge in [-0.15, -0.1) is 11.3 Å². The van der Waals surface area contributed by atoms with Crippen LogP contribution in [0.1, 0.15) is 28.8 Å². The lowest BCUT2D eigenvalue weighted by Gasteiger charge is -2.11. The van der Waals surface area contributed by atoms with E-state index in [1.165, 1.54) is 46.0 Å². The second-order valence-corrected chi connectivity index (χ2v) is 8.32. The Morgan fingerprint density at radius 1 is 1.20 bits per heavy atom. The molecule has 6 heteroatoms. The number of hydrogen-bond acceptors (Lipinski definition) is 5. The van der Waals surface area contributed by atoms with Gasteiger partial charge in [-0.25, -0.2) is 9.97 Å². The van der Waals surface area contributed by atoms with Crippen LogP contribution in [0.5, 0.6) is 0 Å². The van der Waals surface area contributed by atoms with Gasteiger partial charge in [-0.05, 0) is 50.3 Å². The normalized spacial score (nSPS) is 13.6. The predicted octanol–water partition coefficient (Wildman–Crippen LogP) is 4.61. The molecule has 0 bridgehead atoms. The van der Waals surface area contributed by atoms with Gasteiger partial charge in [-0.2, -0.15) is 0 Å². The zero-order valence-electron chi connectivity index (χ0n) is 14.0. The van der Waals surface area contributed by atoms with Gasteiger partial charge in [0.1, 0.15) is 16.2 Å². The molecule has 2 heterocycles. The molecule has 4 nitrogen and oxygen atoms in total. The van der Waals surface area contributed by atoms with Gasteiger partial charge in [-0.1, -0.05) is 29.5 Å². The molecule has 0 saturated heterocycles. The molecule has 25 heavy (non-hydrogen) atoms. The fraction of sp³-hybridized carbons (Fsp3) is 0.316. The van der Waals surface area contributed by atoms with Crippen molar-refractivity contribution in [2.24, 2.45) is 0 Å². The van der Waals surface area contributed by atoms with Crippen LogP contribution in [0.4, 0.5) is 5.69 Å². The van der Waals surface area contributed by atoms with Gasteiger partial charge in [0.25, 0.3) is 0 Å². The lowest BCUT2D eigenvalue weighted by Crippen LogP contribution is -2.14. The third-order valence-electron chi connectivity index (χ3n) is 4.39. The van der Waals surface area contributed by atoms with Crippen molar-refractivity contribution < 1.29 is 4.79 Å². The topological polar surface area (TPSA) is 54.9 Å². The predicted molar refractivity (Wildman–Crippen MR) is 105 cm³/mol. The number of thioether (sulfide) groups is 1. The SMILES string of the molecule is Cc1ccc(NC(=O)CSc2ncnc3sc4c(c23)CCCC4)cc1. The fourth-order valence-corrected chi connectivity index (χ4v) is 5.26. The van der Waals surface area contributed by atoms with E-state index in [4.69, 9.17) is 0 Å². The largest absolute Gasteiger partial charge is 0.325 e. The third-order valence-corrected chi connectivity index (χ3v) is 6.58. The van der Waals surface area contributed by atoms with Crippen LogP contribution in [-0.2, 0) is 17.6 Å². The maximum absolute atomic E-state index is 12.3. The summed E-state index contributed by atoms with van der Waals surface area (Å²) < 4.78 is 0. The number of anilines is 1. The van der Waals surface area contributed by atoms with Crippen molar-refractivity contribution in [2.75, 3.05) is 11.1 Å². The van der Waals surface area contributed by atoms with E-state index in [0.717, 1.165) is 28.4 Å². The second kappa shape index (κ2) is 7.14. The summed E-state index contributed by atoms with van der Waals surface area (Å²) in [5.74, 6) is 0.342. The first-order chi connectivity index (χ1) is 12.2. The van der Waals surface area contributed by atoms with Gasteiger partial charge in [0.15, 0.2) is 0 Å². The van der Waals surface area contributed by atoms with Crippen molar-refractivity contribution in [3.8, 4) is 0 Å². The number of aryl methyl sites for hydroxylation is 3. The van der Waals surface area contributed by atoms with Gasteiger partial charge >= 0.3 is 0 Å². The number of hydrogen-bond donors (Lipinski definition) is 1. The number of thiophene rings is 1. The van der Waals surface area contributed by atoms with E-state index >= 15 is 0 Å². The van der Waals surface area contributed by atoms with E-state index in [2.05, 4.69) is 15.3 Å². The minimum Gasteiger partial charge on any atom is -0.325 e. The fourth-order valence-electron chi connectivity index (χ4n) is 3.14. The van der Waals surface area contributed by atoms with E-state index in [0.29, 0.717) is 5.75 Å². The molecule has 3 aromatic rings. The summed E-state index contributed by atoms with van der Waals surface area (Å²) in [5.41, 5.74) is 3.42. The van der Waals surface area contributed by atoms with Gasteiger partial charge in [0.2, 0.25) is 5.91 Å². The van der Waals surface area contributed by atoms with Crippen LogP contribution in [-0.4, -0.2) is 21.6 Å². The molecule has 0 spiro atoms. The average molecular weight is 370 g/mol. The van der Waals surface area contributed by atoms with Crippen molar-refractivity contribution in [1.82, 2.24) is 9.97 Å². The monoisotopic (exact) mass is 369 g/mol. The first-order valence-electron chi connectivity index (χ1n) is 8.45. The van der Waals surface area contributed by atoms with Crippen LogP contribution >= 0.6 is 23.1 Å². The summed E-state index contributed by atoms with van der Waals surface area (Å²) in [6.07, 6.45) is 6.35. The number of nitrogens with zero attached hydrogens (tertiary/aromatic N) is 2. The molecule has 0 atom stereocenters. The summed E-state index contributed by atoms with van der Waals surface area (Å²) >= 11 is 3.29. The Hall–Kier alpha value is -1.92. The van der Waals surface area contributed by atoms with Crippen LogP contribution in [0, 0.1) is 6.92 Å². The number of fused-ring (bicyclic) bond motifs is 3. The second-order valence-electron chi connectivity index (χ2n) is 6.27. The minimum atomic E-state index is -0.00953. The Bertz CT molecular complexity index is 918. The van der Waals surface area contributed by atoms with Gasteiger partial charge in [0.05, 0.1) is 5.75 Å². The average Bonchev–Trinajstić information content (AvgIpc) is 3.01.